The smallest absolute Gasteiger partial charge is 0.229 e. The lowest BCUT2D eigenvalue weighted by molar-refractivity contribution is -0.120. The first-order chi connectivity index (χ1) is 9.08. The van der Waals surface area contributed by atoms with Crippen molar-refractivity contribution in [1.82, 2.24) is 0 Å². The van der Waals surface area contributed by atoms with Crippen molar-refractivity contribution in [2.75, 3.05) is 18.5 Å². The molecule has 0 saturated heterocycles. The van der Waals surface area contributed by atoms with Gasteiger partial charge < -0.3 is 16.2 Å². The molecule has 19 heavy (non-hydrogen) atoms. The number of rotatable bonds is 7. The minimum Gasteiger partial charge on any atom is -0.396 e. The van der Waals surface area contributed by atoms with E-state index in [1.54, 1.807) is 0 Å². The molecular formula is C15H24N2O2. The highest BCUT2D eigenvalue weighted by Crippen LogP contribution is 2.16. The van der Waals surface area contributed by atoms with Crippen LogP contribution in [0, 0.1) is 11.8 Å². The van der Waals surface area contributed by atoms with Gasteiger partial charge in [-0.3, -0.25) is 4.79 Å². The highest BCUT2D eigenvalue weighted by Gasteiger charge is 2.20. The van der Waals surface area contributed by atoms with Crippen LogP contribution in [0.25, 0.3) is 0 Å². The maximum atomic E-state index is 12.1. The molecule has 0 aliphatic rings. The molecular weight excluding hydrogens is 240 g/mol. The van der Waals surface area contributed by atoms with E-state index in [1.807, 2.05) is 38.1 Å². The molecule has 4 heteroatoms. The largest absolute Gasteiger partial charge is 0.396 e. The van der Waals surface area contributed by atoms with E-state index in [-0.39, 0.29) is 24.3 Å². The summed E-state index contributed by atoms with van der Waals surface area (Å²) in [5.74, 6) is 0.0282. The number of nitrogens with two attached hydrogens (primary N) is 1. The van der Waals surface area contributed by atoms with Crippen LogP contribution < -0.4 is 11.1 Å². The van der Waals surface area contributed by atoms with Crippen LogP contribution in [0.4, 0.5) is 5.69 Å². The average Bonchev–Trinajstić information content (AvgIpc) is 2.37. The van der Waals surface area contributed by atoms with Crippen molar-refractivity contribution < 1.29 is 9.90 Å². The number of amides is 1. The average molecular weight is 264 g/mol. The highest BCUT2D eigenvalue weighted by atomic mass is 16.2. The molecule has 0 aromatic heterocycles. The summed E-state index contributed by atoms with van der Waals surface area (Å²) in [5.41, 5.74) is 7.54. The van der Waals surface area contributed by atoms with Gasteiger partial charge in [-0.25, -0.2) is 0 Å². The number of aliphatic hydroxyl groups is 1. The standard InChI is InChI=1S/C15H24N2O2/c1-11(2)14(10-16)15(19)17-13-7-3-5-12(9-13)6-4-8-18/h3,5,7,9,11,14,18H,4,6,8,10,16H2,1-2H3,(H,17,19). The van der Waals surface area contributed by atoms with Gasteiger partial charge in [-0.2, -0.15) is 0 Å². The van der Waals surface area contributed by atoms with Gasteiger partial charge in [0.15, 0.2) is 0 Å². The number of carbonyl (C=O) groups is 1. The fourth-order valence-corrected chi connectivity index (χ4v) is 2.00. The summed E-state index contributed by atoms with van der Waals surface area (Å²) in [6.45, 7) is 4.52. The molecule has 0 fully saturated rings. The summed E-state index contributed by atoms with van der Waals surface area (Å²) in [4.78, 5) is 12.1. The molecule has 1 rings (SSSR count). The Labute approximate surface area is 115 Å². The lowest BCUT2D eigenvalue weighted by atomic mass is 9.95. The van der Waals surface area contributed by atoms with Gasteiger partial charge in [0.2, 0.25) is 5.91 Å². The van der Waals surface area contributed by atoms with Crippen molar-refractivity contribution in [3.8, 4) is 0 Å². The molecule has 1 aromatic rings. The monoisotopic (exact) mass is 264 g/mol. The first-order valence-electron chi connectivity index (χ1n) is 6.79. The molecule has 0 spiro atoms. The third-order valence-electron chi connectivity index (χ3n) is 3.21. The summed E-state index contributed by atoms with van der Waals surface area (Å²) in [5, 5.41) is 11.7. The van der Waals surface area contributed by atoms with Crippen LogP contribution >= 0.6 is 0 Å². The molecule has 4 nitrogen and oxygen atoms in total. The minimum atomic E-state index is -0.166. The zero-order valence-corrected chi connectivity index (χ0v) is 11.7. The van der Waals surface area contributed by atoms with E-state index < -0.39 is 0 Å². The number of aryl methyl sites for hydroxylation is 1. The quantitative estimate of drug-likeness (QED) is 0.702. The van der Waals surface area contributed by atoms with Crippen LogP contribution in [0.5, 0.6) is 0 Å². The van der Waals surface area contributed by atoms with Gasteiger partial charge in [0.1, 0.15) is 0 Å². The van der Waals surface area contributed by atoms with Crippen molar-refractivity contribution in [2.24, 2.45) is 17.6 Å². The summed E-state index contributed by atoms with van der Waals surface area (Å²) in [7, 11) is 0. The number of benzene rings is 1. The number of anilines is 1. The van der Waals surface area contributed by atoms with E-state index in [4.69, 9.17) is 10.8 Å². The third kappa shape index (κ3) is 5.01. The zero-order chi connectivity index (χ0) is 14.3. The molecule has 1 aromatic carbocycles. The van der Waals surface area contributed by atoms with Crippen LogP contribution in [0.15, 0.2) is 24.3 Å². The van der Waals surface area contributed by atoms with E-state index in [2.05, 4.69) is 5.32 Å². The normalized spacial score (nSPS) is 12.5. The maximum absolute atomic E-state index is 12.1. The minimum absolute atomic E-state index is 0.0307. The number of aliphatic hydroxyl groups excluding tert-OH is 1. The predicted octanol–water partition coefficient (Wildman–Crippen LogP) is 1.78. The molecule has 106 valence electrons. The molecule has 1 atom stereocenters. The Kier molecular flexibility index (Phi) is 6.53. The lowest BCUT2D eigenvalue weighted by Gasteiger charge is -2.18. The molecule has 0 heterocycles. The van der Waals surface area contributed by atoms with Gasteiger partial charge in [-0.05, 0) is 36.5 Å². The molecule has 0 aliphatic heterocycles. The second-order valence-corrected chi connectivity index (χ2v) is 5.10. The molecule has 4 N–H and O–H groups in total. The summed E-state index contributed by atoms with van der Waals surface area (Å²) < 4.78 is 0. The molecule has 0 bridgehead atoms. The van der Waals surface area contributed by atoms with E-state index in [9.17, 15) is 4.79 Å². The van der Waals surface area contributed by atoms with E-state index in [0.717, 1.165) is 24.1 Å². The molecule has 1 unspecified atom stereocenters. The predicted molar refractivity (Wildman–Crippen MR) is 77.9 cm³/mol. The van der Waals surface area contributed by atoms with Crippen molar-refractivity contribution in [3.63, 3.8) is 0 Å². The third-order valence-corrected chi connectivity index (χ3v) is 3.21. The Bertz CT molecular complexity index is 405. The molecule has 0 radical (unpaired) electrons. The van der Waals surface area contributed by atoms with Gasteiger partial charge in [0.05, 0.1) is 5.92 Å². The SMILES string of the molecule is CC(C)C(CN)C(=O)Nc1cccc(CCCO)c1. The first kappa shape index (κ1) is 15.7. The Hall–Kier alpha value is -1.39. The second-order valence-electron chi connectivity index (χ2n) is 5.10. The van der Waals surface area contributed by atoms with E-state index in [0.29, 0.717) is 6.54 Å². The highest BCUT2D eigenvalue weighted by molar-refractivity contribution is 5.92. The van der Waals surface area contributed by atoms with Crippen LogP contribution in [-0.4, -0.2) is 24.2 Å². The van der Waals surface area contributed by atoms with Crippen molar-refractivity contribution in [2.45, 2.75) is 26.7 Å². The first-order valence-corrected chi connectivity index (χ1v) is 6.79. The van der Waals surface area contributed by atoms with E-state index in [1.165, 1.54) is 0 Å². The molecule has 1 amide bonds. The van der Waals surface area contributed by atoms with Gasteiger partial charge >= 0.3 is 0 Å². The second kappa shape index (κ2) is 7.92. The van der Waals surface area contributed by atoms with Crippen molar-refractivity contribution in [1.29, 1.82) is 0 Å². The van der Waals surface area contributed by atoms with Gasteiger partial charge in [0.25, 0.3) is 0 Å². The number of hydrogen-bond acceptors (Lipinski definition) is 3. The topological polar surface area (TPSA) is 75.4 Å². The Balaban J connectivity index is 2.68. The van der Waals surface area contributed by atoms with Crippen molar-refractivity contribution in [3.05, 3.63) is 29.8 Å². The van der Waals surface area contributed by atoms with Crippen molar-refractivity contribution >= 4 is 11.6 Å². The van der Waals surface area contributed by atoms with Crippen LogP contribution in [-0.2, 0) is 11.2 Å². The Morgan fingerprint density at radius 3 is 2.74 bits per heavy atom. The fraction of sp³-hybridized carbons (Fsp3) is 0.533. The maximum Gasteiger partial charge on any atom is 0.229 e. The van der Waals surface area contributed by atoms with E-state index >= 15 is 0 Å². The number of nitrogens with one attached hydrogen (secondary N) is 1. The number of carbonyl (C=O) groups excluding carboxylic acids is 1. The van der Waals surface area contributed by atoms with Crippen LogP contribution in [0.2, 0.25) is 0 Å². The lowest BCUT2D eigenvalue weighted by Crippen LogP contribution is -2.33. The van der Waals surface area contributed by atoms with Gasteiger partial charge in [-0.15, -0.1) is 0 Å². The van der Waals surface area contributed by atoms with Crippen LogP contribution in [0.1, 0.15) is 25.8 Å². The molecule has 0 saturated carbocycles. The van der Waals surface area contributed by atoms with Crippen LogP contribution in [0.3, 0.4) is 0 Å². The Morgan fingerprint density at radius 2 is 2.16 bits per heavy atom. The summed E-state index contributed by atoms with van der Waals surface area (Å²) in [6, 6.07) is 7.72. The van der Waals surface area contributed by atoms with Gasteiger partial charge in [-0.1, -0.05) is 26.0 Å². The zero-order valence-electron chi connectivity index (χ0n) is 11.7. The Morgan fingerprint density at radius 1 is 1.42 bits per heavy atom. The fourth-order valence-electron chi connectivity index (χ4n) is 2.00. The number of hydrogen-bond donors (Lipinski definition) is 3. The summed E-state index contributed by atoms with van der Waals surface area (Å²) >= 11 is 0. The van der Waals surface area contributed by atoms with Gasteiger partial charge in [0, 0.05) is 18.8 Å². The molecule has 0 aliphatic carbocycles. The summed E-state index contributed by atoms with van der Waals surface area (Å²) in [6.07, 6.45) is 1.54.